The molecule has 1 aliphatic heterocycles. The van der Waals surface area contributed by atoms with Crippen molar-refractivity contribution in [2.45, 2.75) is 26.3 Å². The van der Waals surface area contributed by atoms with Crippen molar-refractivity contribution in [3.8, 4) is 11.5 Å². The Balaban J connectivity index is 1.95. The minimum absolute atomic E-state index is 0.000568. The van der Waals surface area contributed by atoms with E-state index in [2.05, 4.69) is 4.74 Å². The summed E-state index contributed by atoms with van der Waals surface area (Å²) in [4.78, 5) is 27.6. The zero-order chi connectivity index (χ0) is 26.2. The first-order valence-electron chi connectivity index (χ1n) is 10.9. The first kappa shape index (κ1) is 24.8. The van der Waals surface area contributed by atoms with Crippen LogP contribution in [0.5, 0.6) is 11.5 Å². The van der Waals surface area contributed by atoms with E-state index in [-0.39, 0.29) is 22.6 Å². The predicted molar refractivity (Wildman–Crippen MR) is 127 cm³/mol. The number of nitrogens with zero attached hydrogens (tertiary/aromatic N) is 1. The summed E-state index contributed by atoms with van der Waals surface area (Å²) in [5.74, 6) is -2.70. The number of benzene rings is 3. The van der Waals surface area contributed by atoms with E-state index in [4.69, 9.17) is 4.74 Å². The monoisotopic (exact) mass is 497 g/mol. The van der Waals surface area contributed by atoms with Crippen molar-refractivity contribution in [1.82, 2.24) is 0 Å². The number of aliphatic hydroxyl groups excluding tert-OH is 1. The molecule has 1 heterocycles. The highest BCUT2D eigenvalue weighted by molar-refractivity contribution is 6.51. The Bertz CT molecular complexity index is 1380. The molecule has 0 aliphatic carbocycles. The van der Waals surface area contributed by atoms with Gasteiger partial charge in [-0.05, 0) is 43.7 Å². The summed E-state index contributed by atoms with van der Waals surface area (Å²) in [6, 6.07) is 15.6. The maximum absolute atomic E-state index is 13.3. The summed E-state index contributed by atoms with van der Waals surface area (Å²) >= 11 is 0. The van der Waals surface area contributed by atoms with Crippen LogP contribution in [0.4, 0.5) is 18.9 Å². The lowest BCUT2D eigenvalue weighted by Crippen LogP contribution is -2.29. The first-order valence-corrected chi connectivity index (χ1v) is 10.9. The van der Waals surface area contributed by atoms with Gasteiger partial charge in [0.2, 0.25) is 0 Å². The van der Waals surface area contributed by atoms with Gasteiger partial charge in [-0.3, -0.25) is 14.5 Å². The molecule has 0 aromatic heterocycles. The first-order chi connectivity index (χ1) is 17.0. The molecular formula is C27H22F3NO5. The van der Waals surface area contributed by atoms with Crippen molar-refractivity contribution in [2.75, 3.05) is 12.0 Å². The lowest BCUT2D eigenvalue weighted by atomic mass is 9.93. The van der Waals surface area contributed by atoms with E-state index in [1.165, 1.54) is 19.2 Å². The van der Waals surface area contributed by atoms with E-state index in [1.807, 2.05) is 13.0 Å². The van der Waals surface area contributed by atoms with E-state index in [0.29, 0.717) is 5.56 Å². The second-order valence-corrected chi connectivity index (χ2v) is 8.33. The zero-order valence-corrected chi connectivity index (χ0v) is 19.6. The average molecular weight is 497 g/mol. The van der Waals surface area contributed by atoms with Crippen LogP contribution in [0.1, 0.15) is 28.3 Å². The number of anilines is 1. The van der Waals surface area contributed by atoms with Gasteiger partial charge in [0.05, 0.1) is 24.3 Å². The number of carbonyl (C=O) groups is 2. The van der Waals surface area contributed by atoms with Gasteiger partial charge in [0.1, 0.15) is 17.3 Å². The number of amides is 1. The van der Waals surface area contributed by atoms with E-state index >= 15 is 0 Å². The van der Waals surface area contributed by atoms with Crippen molar-refractivity contribution >= 4 is 23.1 Å². The molecule has 3 aromatic carbocycles. The predicted octanol–water partition coefficient (Wildman–Crippen LogP) is 5.84. The number of halogens is 3. The number of ketones is 1. The summed E-state index contributed by atoms with van der Waals surface area (Å²) in [6.45, 7) is 3.61. The van der Waals surface area contributed by atoms with Gasteiger partial charge in [0.15, 0.2) is 0 Å². The third kappa shape index (κ3) is 4.77. The molecule has 6 nitrogen and oxygen atoms in total. The number of Topliss-reactive ketones (excluding diaryl/α,β-unsaturated/α-hetero) is 1. The second-order valence-electron chi connectivity index (χ2n) is 8.33. The summed E-state index contributed by atoms with van der Waals surface area (Å²) in [7, 11) is 1.41. The number of aryl methyl sites for hydroxylation is 2. The van der Waals surface area contributed by atoms with Crippen LogP contribution in [0, 0.1) is 13.8 Å². The SMILES string of the molecule is COc1ccc(C)cc1/C(O)=C1\C(=O)C(=O)N(c2cccc(OC(F)(F)F)c2)C1c1cccc(C)c1. The molecular weight excluding hydrogens is 475 g/mol. The topological polar surface area (TPSA) is 76.1 Å². The van der Waals surface area contributed by atoms with Gasteiger partial charge in [-0.25, -0.2) is 0 Å². The molecule has 1 fully saturated rings. The highest BCUT2D eigenvalue weighted by atomic mass is 19.4. The lowest BCUT2D eigenvalue weighted by Gasteiger charge is -2.26. The van der Waals surface area contributed by atoms with Gasteiger partial charge in [-0.15, -0.1) is 13.2 Å². The van der Waals surface area contributed by atoms with Gasteiger partial charge in [0.25, 0.3) is 11.7 Å². The van der Waals surface area contributed by atoms with Gasteiger partial charge >= 0.3 is 6.36 Å². The van der Waals surface area contributed by atoms with Crippen LogP contribution >= 0.6 is 0 Å². The van der Waals surface area contributed by atoms with Crippen LogP contribution in [-0.4, -0.2) is 30.3 Å². The standard InChI is InChI=1S/C27H22F3NO5/c1-15-6-4-7-17(12-15)23-22(24(32)20-13-16(2)10-11-21(20)35-3)25(33)26(34)31(23)18-8-5-9-19(14-18)36-27(28,29)30/h4-14,23,32H,1-3H3/b24-22+. The Labute approximate surface area is 205 Å². The number of hydrogen-bond acceptors (Lipinski definition) is 5. The van der Waals surface area contributed by atoms with E-state index in [9.17, 15) is 27.9 Å². The van der Waals surface area contributed by atoms with Crippen molar-refractivity contribution < 1.29 is 37.3 Å². The van der Waals surface area contributed by atoms with Crippen LogP contribution < -0.4 is 14.4 Å². The highest BCUT2D eigenvalue weighted by Gasteiger charge is 2.47. The molecule has 0 radical (unpaired) electrons. The smallest absolute Gasteiger partial charge is 0.507 e. The molecule has 1 amide bonds. The maximum atomic E-state index is 13.3. The fourth-order valence-corrected chi connectivity index (χ4v) is 4.24. The number of methoxy groups -OCH3 is 1. The molecule has 9 heteroatoms. The van der Waals surface area contributed by atoms with Crippen LogP contribution in [0.2, 0.25) is 0 Å². The summed E-state index contributed by atoms with van der Waals surface area (Å²) in [6.07, 6.45) is -4.94. The lowest BCUT2D eigenvalue weighted by molar-refractivity contribution is -0.274. The van der Waals surface area contributed by atoms with Crippen LogP contribution in [0.3, 0.4) is 0 Å². The number of alkyl halides is 3. The minimum atomic E-state index is -4.94. The zero-order valence-electron chi connectivity index (χ0n) is 19.6. The average Bonchev–Trinajstić information content (AvgIpc) is 3.08. The Kier molecular flexibility index (Phi) is 6.49. The molecule has 1 N–H and O–H groups in total. The third-order valence-corrected chi connectivity index (χ3v) is 5.74. The van der Waals surface area contributed by atoms with Crippen LogP contribution in [-0.2, 0) is 9.59 Å². The van der Waals surface area contributed by atoms with Crippen molar-refractivity contribution in [3.63, 3.8) is 0 Å². The quantitative estimate of drug-likeness (QED) is 0.272. The highest BCUT2D eigenvalue weighted by Crippen LogP contribution is 2.44. The molecule has 0 bridgehead atoms. The molecule has 36 heavy (non-hydrogen) atoms. The molecule has 186 valence electrons. The molecule has 1 atom stereocenters. The fourth-order valence-electron chi connectivity index (χ4n) is 4.24. The Hall–Kier alpha value is -4.27. The molecule has 1 unspecified atom stereocenters. The summed E-state index contributed by atoms with van der Waals surface area (Å²) in [5.41, 5.74) is 2.08. The summed E-state index contributed by atoms with van der Waals surface area (Å²) < 4.78 is 47.8. The molecule has 4 rings (SSSR count). The Morgan fingerprint density at radius 3 is 2.31 bits per heavy atom. The second kappa shape index (κ2) is 9.41. The maximum Gasteiger partial charge on any atom is 0.573 e. The Morgan fingerprint density at radius 2 is 1.64 bits per heavy atom. The van der Waals surface area contributed by atoms with Gasteiger partial charge < -0.3 is 14.6 Å². The largest absolute Gasteiger partial charge is 0.573 e. The van der Waals surface area contributed by atoms with E-state index in [1.54, 1.807) is 43.3 Å². The fraction of sp³-hybridized carbons (Fsp3) is 0.185. The van der Waals surface area contributed by atoms with E-state index in [0.717, 1.165) is 28.2 Å². The number of rotatable bonds is 5. The number of hydrogen-bond donors (Lipinski definition) is 1. The van der Waals surface area contributed by atoms with Crippen molar-refractivity contribution in [1.29, 1.82) is 0 Å². The normalized spacial score (nSPS) is 17.4. The Morgan fingerprint density at radius 1 is 0.944 bits per heavy atom. The van der Waals surface area contributed by atoms with Gasteiger partial charge in [0, 0.05) is 11.8 Å². The molecule has 1 aliphatic rings. The van der Waals surface area contributed by atoms with Gasteiger partial charge in [-0.1, -0.05) is 47.5 Å². The third-order valence-electron chi connectivity index (χ3n) is 5.74. The van der Waals surface area contributed by atoms with Gasteiger partial charge in [-0.2, -0.15) is 0 Å². The molecule has 1 saturated heterocycles. The number of carbonyl (C=O) groups excluding carboxylic acids is 2. The summed E-state index contributed by atoms with van der Waals surface area (Å²) in [5, 5.41) is 11.3. The number of aliphatic hydroxyl groups is 1. The van der Waals surface area contributed by atoms with Crippen LogP contribution in [0.25, 0.3) is 5.76 Å². The number of ether oxygens (including phenoxy) is 2. The van der Waals surface area contributed by atoms with E-state index < -0.39 is 35.6 Å². The van der Waals surface area contributed by atoms with Crippen molar-refractivity contribution in [2.24, 2.45) is 0 Å². The molecule has 0 saturated carbocycles. The van der Waals surface area contributed by atoms with Crippen LogP contribution in [0.15, 0.2) is 72.3 Å². The molecule has 0 spiro atoms. The van der Waals surface area contributed by atoms with Crippen molar-refractivity contribution in [3.05, 3.63) is 94.6 Å². The molecule has 3 aromatic rings. The minimum Gasteiger partial charge on any atom is -0.507 e.